The van der Waals surface area contributed by atoms with Crippen molar-refractivity contribution in [3.8, 4) is 0 Å². The van der Waals surface area contributed by atoms with Crippen LogP contribution in [-0.2, 0) is 4.79 Å². The molecular formula is C20H19ClFN3O. The van der Waals surface area contributed by atoms with E-state index in [2.05, 4.69) is 29.5 Å². The number of fused-ring (bicyclic) bond motifs is 1. The number of rotatable bonds is 1. The Kier molecular flexibility index (Phi) is 3.99. The number of pyridine rings is 1. The van der Waals surface area contributed by atoms with Crippen LogP contribution in [0.3, 0.4) is 0 Å². The number of ketones is 1. The SMILES string of the molecule is CC1(C)CC(=O)C2=C(C1)Nc1cccnc1N[C@H]2c1c(F)cccc1Cl. The molecule has 1 atom stereocenters. The van der Waals surface area contributed by atoms with Crippen molar-refractivity contribution in [1.82, 2.24) is 4.98 Å². The van der Waals surface area contributed by atoms with Crippen molar-refractivity contribution in [3.63, 3.8) is 0 Å². The van der Waals surface area contributed by atoms with Crippen LogP contribution in [0.2, 0.25) is 5.02 Å². The summed E-state index contributed by atoms with van der Waals surface area (Å²) >= 11 is 6.32. The Morgan fingerprint density at radius 3 is 2.81 bits per heavy atom. The van der Waals surface area contributed by atoms with Gasteiger partial charge in [0.2, 0.25) is 0 Å². The smallest absolute Gasteiger partial charge is 0.163 e. The lowest BCUT2D eigenvalue weighted by molar-refractivity contribution is -0.118. The molecule has 2 aromatic rings. The first-order chi connectivity index (χ1) is 12.4. The van der Waals surface area contributed by atoms with E-state index in [0.717, 1.165) is 11.4 Å². The Morgan fingerprint density at radius 2 is 2.04 bits per heavy atom. The summed E-state index contributed by atoms with van der Waals surface area (Å²) in [4.78, 5) is 17.4. The van der Waals surface area contributed by atoms with Crippen molar-refractivity contribution in [2.45, 2.75) is 32.7 Å². The van der Waals surface area contributed by atoms with Crippen LogP contribution in [0.4, 0.5) is 15.9 Å². The van der Waals surface area contributed by atoms with Gasteiger partial charge in [-0.3, -0.25) is 4.79 Å². The number of anilines is 2. The summed E-state index contributed by atoms with van der Waals surface area (Å²) < 4.78 is 14.7. The van der Waals surface area contributed by atoms with Gasteiger partial charge in [-0.25, -0.2) is 9.37 Å². The van der Waals surface area contributed by atoms with E-state index in [1.165, 1.54) is 6.07 Å². The monoisotopic (exact) mass is 371 g/mol. The number of Topliss-reactive ketones (excluding diaryl/α,β-unsaturated/α-hetero) is 1. The van der Waals surface area contributed by atoms with Gasteiger partial charge in [-0.2, -0.15) is 0 Å². The average molecular weight is 372 g/mol. The molecule has 2 N–H and O–H groups in total. The zero-order valence-corrected chi connectivity index (χ0v) is 15.3. The zero-order chi connectivity index (χ0) is 18.5. The van der Waals surface area contributed by atoms with Crippen LogP contribution in [0.1, 0.15) is 38.3 Å². The number of carbonyl (C=O) groups excluding carboxylic acids is 1. The molecule has 26 heavy (non-hydrogen) atoms. The molecule has 0 saturated carbocycles. The normalized spacial score (nSPS) is 21.2. The van der Waals surface area contributed by atoms with Crippen LogP contribution in [0, 0.1) is 11.2 Å². The molecule has 2 heterocycles. The van der Waals surface area contributed by atoms with Gasteiger partial charge in [-0.15, -0.1) is 0 Å². The number of benzene rings is 1. The van der Waals surface area contributed by atoms with E-state index in [9.17, 15) is 9.18 Å². The topological polar surface area (TPSA) is 54.0 Å². The number of carbonyl (C=O) groups is 1. The number of hydrogen-bond donors (Lipinski definition) is 2. The maximum atomic E-state index is 14.7. The lowest BCUT2D eigenvalue weighted by Crippen LogP contribution is -2.31. The van der Waals surface area contributed by atoms with E-state index in [1.54, 1.807) is 18.3 Å². The first kappa shape index (κ1) is 17.0. The fraction of sp³-hybridized carbons (Fsp3) is 0.300. The summed E-state index contributed by atoms with van der Waals surface area (Å²) in [6.07, 6.45) is 2.75. The second kappa shape index (κ2) is 6.09. The Bertz CT molecular complexity index is 918. The second-order valence-corrected chi connectivity index (χ2v) is 7.98. The highest BCUT2D eigenvalue weighted by molar-refractivity contribution is 6.31. The molecule has 2 aliphatic rings. The van der Waals surface area contributed by atoms with Gasteiger partial charge in [-0.1, -0.05) is 31.5 Å². The summed E-state index contributed by atoms with van der Waals surface area (Å²) in [5, 5.41) is 6.88. The number of aromatic nitrogens is 1. The number of nitrogens with zero attached hydrogens (tertiary/aromatic N) is 1. The molecule has 0 spiro atoms. The van der Waals surface area contributed by atoms with Gasteiger partial charge in [0, 0.05) is 34.5 Å². The highest BCUT2D eigenvalue weighted by atomic mass is 35.5. The molecule has 134 valence electrons. The number of halogens is 2. The van der Waals surface area contributed by atoms with Crippen molar-refractivity contribution in [3.05, 3.63) is 64.2 Å². The largest absolute Gasteiger partial charge is 0.357 e. The fourth-order valence-electron chi connectivity index (χ4n) is 3.78. The van der Waals surface area contributed by atoms with Crippen molar-refractivity contribution in [2.75, 3.05) is 10.6 Å². The van der Waals surface area contributed by atoms with Crippen LogP contribution >= 0.6 is 11.6 Å². The van der Waals surface area contributed by atoms with Crippen LogP contribution in [-0.4, -0.2) is 10.8 Å². The van der Waals surface area contributed by atoms with E-state index in [4.69, 9.17) is 11.6 Å². The van der Waals surface area contributed by atoms with E-state index < -0.39 is 11.9 Å². The highest BCUT2D eigenvalue weighted by Crippen LogP contribution is 2.46. The maximum Gasteiger partial charge on any atom is 0.163 e. The first-order valence-corrected chi connectivity index (χ1v) is 8.92. The third-order valence-corrected chi connectivity index (χ3v) is 5.20. The minimum absolute atomic E-state index is 0.00613. The number of allylic oxidation sites excluding steroid dienone is 1. The molecule has 1 aliphatic carbocycles. The van der Waals surface area contributed by atoms with Gasteiger partial charge in [0.15, 0.2) is 5.78 Å². The Labute approximate surface area is 156 Å². The van der Waals surface area contributed by atoms with Gasteiger partial charge in [0.25, 0.3) is 0 Å². The average Bonchev–Trinajstić information content (AvgIpc) is 2.70. The van der Waals surface area contributed by atoms with Crippen molar-refractivity contribution >= 4 is 28.9 Å². The van der Waals surface area contributed by atoms with Gasteiger partial charge in [0.1, 0.15) is 11.6 Å². The molecule has 1 aromatic heterocycles. The minimum atomic E-state index is -0.689. The van der Waals surface area contributed by atoms with Crippen LogP contribution in [0.15, 0.2) is 47.8 Å². The molecule has 0 saturated heterocycles. The summed E-state index contributed by atoms with van der Waals surface area (Å²) in [7, 11) is 0. The van der Waals surface area contributed by atoms with Crippen molar-refractivity contribution in [2.24, 2.45) is 5.41 Å². The fourth-order valence-corrected chi connectivity index (χ4v) is 4.05. The first-order valence-electron chi connectivity index (χ1n) is 8.54. The molecule has 0 amide bonds. The molecule has 0 bridgehead atoms. The predicted molar refractivity (Wildman–Crippen MR) is 101 cm³/mol. The lowest BCUT2D eigenvalue weighted by Gasteiger charge is -2.34. The van der Waals surface area contributed by atoms with Gasteiger partial charge in [0.05, 0.1) is 11.7 Å². The Morgan fingerprint density at radius 1 is 1.23 bits per heavy atom. The van der Waals surface area contributed by atoms with Gasteiger partial charge < -0.3 is 10.6 Å². The van der Waals surface area contributed by atoms with E-state index >= 15 is 0 Å². The molecule has 4 rings (SSSR count). The van der Waals surface area contributed by atoms with E-state index in [0.29, 0.717) is 24.2 Å². The van der Waals surface area contributed by atoms with E-state index in [-0.39, 0.29) is 21.8 Å². The molecule has 6 heteroatoms. The summed E-state index contributed by atoms with van der Waals surface area (Å²) in [5.41, 5.74) is 2.21. The minimum Gasteiger partial charge on any atom is -0.357 e. The third-order valence-electron chi connectivity index (χ3n) is 4.87. The molecule has 0 unspecified atom stereocenters. The molecule has 4 nitrogen and oxygen atoms in total. The quantitative estimate of drug-likeness (QED) is 0.732. The van der Waals surface area contributed by atoms with Crippen molar-refractivity contribution < 1.29 is 9.18 Å². The highest BCUT2D eigenvalue weighted by Gasteiger charge is 2.40. The molecule has 0 radical (unpaired) electrons. The van der Waals surface area contributed by atoms with Crippen LogP contribution in [0.25, 0.3) is 0 Å². The molecule has 1 aromatic carbocycles. The summed E-state index contributed by atoms with van der Waals surface area (Å²) in [5.74, 6) is 0.115. The van der Waals surface area contributed by atoms with Crippen LogP contribution < -0.4 is 10.6 Å². The standard InChI is InChI=1S/C20H19ClFN3O/c1-20(2)9-14-17(15(26)10-20)18(16-11(21)5-3-6-12(16)22)25-19-13(24-14)7-4-8-23-19/h3-8,18,24H,9-10H2,1-2H3,(H,23,25)/t18-/m0/s1. The second-order valence-electron chi connectivity index (χ2n) is 7.57. The van der Waals surface area contributed by atoms with Gasteiger partial charge >= 0.3 is 0 Å². The molecule has 1 aliphatic heterocycles. The molecular weight excluding hydrogens is 353 g/mol. The van der Waals surface area contributed by atoms with E-state index in [1.807, 2.05) is 12.1 Å². The lowest BCUT2D eigenvalue weighted by atomic mass is 9.73. The summed E-state index contributed by atoms with van der Waals surface area (Å²) in [6, 6.07) is 7.57. The van der Waals surface area contributed by atoms with Crippen molar-refractivity contribution in [1.29, 1.82) is 0 Å². The van der Waals surface area contributed by atoms with Gasteiger partial charge in [-0.05, 0) is 36.1 Å². The third kappa shape index (κ3) is 2.86. The maximum absolute atomic E-state index is 14.7. The number of hydrogen-bond acceptors (Lipinski definition) is 4. The zero-order valence-electron chi connectivity index (χ0n) is 14.6. The Hall–Kier alpha value is -2.40. The predicted octanol–water partition coefficient (Wildman–Crippen LogP) is 5.10. The van der Waals surface area contributed by atoms with Crippen LogP contribution in [0.5, 0.6) is 0 Å². The molecule has 0 fully saturated rings. The Balaban J connectivity index is 1.95. The number of nitrogens with one attached hydrogen (secondary N) is 2. The summed E-state index contributed by atoms with van der Waals surface area (Å²) in [6.45, 7) is 4.12.